The molecule has 0 aliphatic heterocycles. The summed E-state index contributed by atoms with van der Waals surface area (Å²) in [5, 5.41) is 0. The van der Waals surface area contributed by atoms with Crippen LogP contribution in [0.2, 0.25) is 0 Å². The summed E-state index contributed by atoms with van der Waals surface area (Å²) < 4.78 is 17.9. The van der Waals surface area contributed by atoms with Gasteiger partial charge in [-0.1, -0.05) is 0 Å². The van der Waals surface area contributed by atoms with Crippen LogP contribution in [0.4, 0.5) is 0 Å². The standard InChI is InChI=1S/AsO2S.3K/c2-1(3)4;;;/q-3;3*+1. The Morgan fingerprint density at radius 1 is 1.00 bits per heavy atom. The van der Waals surface area contributed by atoms with Gasteiger partial charge in [-0.3, -0.25) is 0 Å². The third kappa shape index (κ3) is 33.8. The van der Waals surface area contributed by atoms with E-state index in [4.69, 9.17) is 8.19 Å². The molecular weight excluding hydrogens is 256 g/mol. The SMILES string of the molecule is [K+].[K+].[K+].[O-][As]([O-])[S-]. The second-order valence-corrected chi connectivity index (χ2v) is 2.71. The van der Waals surface area contributed by atoms with Gasteiger partial charge in [0.15, 0.2) is 0 Å². The van der Waals surface area contributed by atoms with Crippen LogP contribution in [-0.2, 0) is 10.9 Å². The predicted octanol–water partition coefficient (Wildman–Crippen LogP) is -11.7. The Balaban J connectivity index is -0.0000000150. The van der Waals surface area contributed by atoms with Gasteiger partial charge in [0.2, 0.25) is 0 Å². The fourth-order valence-corrected chi connectivity index (χ4v) is 0. The van der Waals surface area contributed by atoms with E-state index < -0.39 is 14.2 Å². The Morgan fingerprint density at radius 2 is 1.00 bits per heavy atom. The first-order valence-electron chi connectivity index (χ1n) is 0.548. The molecule has 0 spiro atoms. The summed E-state index contributed by atoms with van der Waals surface area (Å²) in [6.07, 6.45) is 0. The molecule has 0 aliphatic carbocycles. The van der Waals surface area contributed by atoms with E-state index in [2.05, 4.69) is 10.9 Å². The zero-order valence-electron chi connectivity index (χ0n) is 4.67. The van der Waals surface area contributed by atoms with Gasteiger partial charge in [0.25, 0.3) is 0 Å². The molecule has 0 heterocycles. The fraction of sp³-hybridized carbons (Fsp3) is 0. The first kappa shape index (κ1) is 23.0. The van der Waals surface area contributed by atoms with Gasteiger partial charge in [-0.25, -0.2) is 0 Å². The third-order valence-corrected chi connectivity index (χ3v) is 0. The van der Waals surface area contributed by atoms with Crippen molar-refractivity contribution in [3.63, 3.8) is 0 Å². The number of hydrogen-bond donors (Lipinski definition) is 0. The van der Waals surface area contributed by atoms with Crippen molar-refractivity contribution in [1.29, 1.82) is 0 Å². The number of rotatable bonds is 0. The van der Waals surface area contributed by atoms with Crippen molar-refractivity contribution in [3.05, 3.63) is 0 Å². The molecule has 0 saturated heterocycles. The Labute approximate surface area is 181 Å². The molecule has 0 saturated carbocycles. The second kappa shape index (κ2) is 17.7. The minimum atomic E-state index is -3.10. The van der Waals surface area contributed by atoms with E-state index >= 15 is 0 Å². The van der Waals surface area contributed by atoms with Crippen LogP contribution in [-0.4, -0.2) is 14.2 Å². The van der Waals surface area contributed by atoms with Crippen LogP contribution in [0, 0.1) is 0 Å². The Kier molecular flexibility index (Phi) is 58.2. The van der Waals surface area contributed by atoms with Crippen molar-refractivity contribution in [3.8, 4) is 0 Å². The van der Waals surface area contributed by atoms with Crippen molar-refractivity contribution >= 4 is 25.1 Å². The Hall–Kier alpha value is 5.74. The molecule has 0 bridgehead atoms. The van der Waals surface area contributed by atoms with Crippen LogP contribution in [0.5, 0.6) is 0 Å². The molecule has 0 amide bonds. The van der Waals surface area contributed by atoms with Gasteiger partial charge < -0.3 is 0 Å². The van der Waals surface area contributed by atoms with E-state index in [1.807, 2.05) is 0 Å². The zero-order valence-corrected chi connectivity index (χ0v) is 16.7. The van der Waals surface area contributed by atoms with Crippen molar-refractivity contribution in [2.75, 3.05) is 0 Å². The molecule has 0 unspecified atom stereocenters. The molecular formula is AsK3O2S. The minimum absolute atomic E-state index is 0. The summed E-state index contributed by atoms with van der Waals surface area (Å²) in [6.45, 7) is 0. The molecule has 0 aromatic rings. The molecule has 0 aromatic heterocycles. The predicted molar refractivity (Wildman–Crippen MR) is 13.1 cm³/mol. The van der Waals surface area contributed by atoms with Gasteiger partial charge >= 0.3 is 187 Å². The summed E-state index contributed by atoms with van der Waals surface area (Å²) in [7, 11) is 3.66. The molecule has 0 fully saturated rings. The molecule has 0 aromatic carbocycles. The van der Waals surface area contributed by atoms with Gasteiger partial charge in [-0.05, 0) is 0 Å². The van der Waals surface area contributed by atoms with E-state index in [9.17, 15) is 0 Å². The summed E-state index contributed by atoms with van der Waals surface area (Å²) in [6, 6.07) is 0. The van der Waals surface area contributed by atoms with Crippen molar-refractivity contribution < 1.29 is 162 Å². The van der Waals surface area contributed by atoms with Gasteiger partial charge in [0, 0.05) is 0 Å². The van der Waals surface area contributed by atoms with E-state index in [0.29, 0.717) is 0 Å². The molecule has 7 heteroatoms. The Morgan fingerprint density at radius 3 is 1.00 bits per heavy atom. The quantitative estimate of drug-likeness (QED) is 0.319. The van der Waals surface area contributed by atoms with Gasteiger partial charge in [-0.2, -0.15) is 0 Å². The summed E-state index contributed by atoms with van der Waals surface area (Å²) in [4.78, 5) is 0. The second-order valence-electron chi connectivity index (χ2n) is 0.224. The van der Waals surface area contributed by atoms with Crippen LogP contribution < -0.4 is 162 Å². The monoisotopic (exact) mass is 256 g/mol. The van der Waals surface area contributed by atoms with Crippen molar-refractivity contribution in [2.24, 2.45) is 0 Å². The normalized spacial score (nSPS) is 5.14. The van der Waals surface area contributed by atoms with E-state index in [1.165, 1.54) is 0 Å². The van der Waals surface area contributed by atoms with E-state index in [1.54, 1.807) is 0 Å². The Bertz CT molecular complexity index is 17.7. The average Bonchev–Trinajstić information content (AvgIpc) is 0.811. The average molecular weight is 256 g/mol. The van der Waals surface area contributed by atoms with Crippen LogP contribution in [0.3, 0.4) is 0 Å². The zero-order chi connectivity index (χ0) is 3.58. The molecule has 0 radical (unpaired) electrons. The topological polar surface area (TPSA) is 46.1 Å². The molecule has 0 atom stereocenters. The van der Waals surface area contributed by atoms with Crippen LogP contribution in [0.15, 0.2) is 0 Å². The molecule has 7 heavy (non-hydrogen) atoms. The van der Waals surface area contributed by atoms with E-state index in [0.717, 1.165) is 0 Å². The van der Waals surface area contributed by atoms with Crippen LogP contribution in [0.25, 0.3) is 0 Å². The summed E-state index contributed by atoms with van der Waals surface area (Å²) >= 11 is -3.10. The van der Waals surface area contributed by atoms with Crippen LogP contribution in [0.1, 0.15) is 0 Å². The third-order valence-electron chi connectivity index (χ3n) is 0. The van der Waals surface area contributed by atoms with E-state index in [-0.39, 0.29) is 154 Å². The van der Waals surface area contributed by atoms with Gasteiger partial charge in [-0.15, -0.1) is 0 Å². The maximum absolute atomic E-state index is 8.93. The first-order chi connectivity index (χ1) is 1.73. The molecule has 0 N–H and O–H groups in total. The maximum atomic E-state index is 8.93. The fourth-order valence-electron chi connectivity index (χ4n) is 0. The number of hydrogen-bond acceptors (Lipinski definition) is 3. The summed E-state index contributed by atoms with van der Waals surface area (Å²) in [5.41, 5.74) is 0. The van der Waals surface area contributed by atoms with Gasteiger partial charge in [0.1, 0.15) is 0 Å². The molecule has 26 valence electrons. The summed E-state index contributed by atoms with van der Waals surface area (Å²) in [5.74, 6) is 0. The molecule has 2 nitrogen and oxygen atoms in total. The first-order valence-corrected chi connectivity index (χ1v) is 4.74. The van der Waals surface area contributed by atoms with Crippen molar-refractivity contribution in [1.82, 2.24) is 0 Å². The molecule has 0 rings (SSSR count). The van der Waals surface area contributed by atoms with Crippen LogP contribution >= 0.6 is 0 Å². The van der Waals surface area contributed by atoms with Crippen molar-refractivity contribution in [2.45, 2.75) is 0 Å². The molecule has 0 aliphatic rings. The van der Waals surface area contributed by atoms with Gasteiger partial charge in [0.05, 0.1) is 0 Å².